The van der Waals surface area contributed by atoms with Gasteiger partial charge in [0.1, 0.15) is 0 Å². The van der Waals surface area contributed by atoms with Crippen molar-refractivity contribution in [3.8, 4) is 0 Å². The Labute approximate surface area is 130 Å². The minimum absolute atomic E-state index is 0.239. The van der Waals surface area contributed by atoms with Gasteiger partial charge in [-0.05, 0) is 57.4 Å². The number of amides is 1. The predicted octanol–water partition coefficient (Wildman–Crippen LogP) is 3.36. The molecular formula is C18H32N2O. The fourth-order valence-electron chi connectivity index (χ4n) is 3.58. The zero-order chi connectivity index (χ0) is 15.1. The number of carbonyl (C=O) groups is 1. The maximum absolute atomic E-state index is 12.4. The first-order valence-electron chi connectivity index (χ1n) is 8.91. The van der Waals surface area contributed by atoms with Gasteiger partial charge in [-0.25, -0.2) is 0 Å². The second-order valence-corrected chi connectivity index (χ2v) is 6.67. The van der Waals surface area contributed by atoms with Crippen molar-refractivity contribution in [2.45, 2.75) is 64.8 Å². The molecule has 0 aromatic carbocycles. The lowest BCUT2D eigenvalue weighted by atomic mass is 9.93. The molecule has 1 aliphatic carbocycles. The van der Waals surface area contributed by atoms with Crippen LogP contribution in [-0.4, -0.2) is 36.5 Å². The summed E-state index contributed by atoms with van der Waals surface area (Å²) in [5.41, 5.74) is 0. The van der Waals surface area contributed by atoms with Crippen LogP contribution in [0.2, 0.25) is 0 Å². The molecule has 1 atom stereocenters. The summed E-state index contributed by atoms with van der Waals surface area (Å²) in [5.74, 6) is 1.44. The fraction of sp³-hybridized carbons (Fsp3) is 0.833. The molecule has 21 heavy (non-hydrogen) atoms. The Hall–Kier alpha value is -0.830. The number of likely N-dealkylation sites (tertiary alicyclic amines) is 1. The second kappa shape index (κ2) is 8.57. The van der Waals surface area contributed by atoms with E-state index in [-0.39, 0.29) is 5.92 Å². The molecule has 0 aromatic rings. The minimum Gasteiger partial charge on any atom is -0.342 e. The molecule has 1 amide bonds. The highest BCUT2D eigenvalue weighted by Gasteiger charge is 2.26. The molecule has 3 heteroatoms. The Morgan fingerprint density at radius 2 is 1.90 bits per heavy atom. The van der Waals surface area contributed by atoms with E-state index in [0.717, 1.165) is 51.2 Å². The van der Waals surface area contributed by atoms with E-state index in [9.17, 15) is 4.79 Å². The first-order chi connectivity index (χ1) is 10.2. The molecule has 2 aliphatic rings. The lowest BCUT2D eigenvalue weighted by molar-refractivity contribution is -0.136. The second-order valence-electron chi connectivity index (χ2n) is 6.67. The predicted molar refractivity (Wildman–Crippen MR) is 88.2 cm³/mol. The zero-order valence-electron chi connectivity index (χ0n) is 13.8. The average molecular weight is 292 g/mol. The van der Waals surface area contributed by atoms with Crippen molar-refractivity contribution in [2.24, 2.45) is 11.8 Å². The highest BCUT2D eigenvalue weighted by atomic mass is 16.2. The third kappa shape index (κ3) is 4.84. The number of allylic oxidation sites excluding steroid dienone is 2. The van der Waals surface area contributed by atoms with Crippen LogP contribution >= 0.6 is 0 Å². The summed E-state index contributed by atoms with van der Waals surface area (Å²) in [6.07, 6.45) is 12.6. The number of nitrogens with one attached hydrogen (secondary N) is 1. The van der Waals surface area contributed by atoms with Crippen LogP contribution in [0.1, 0.15) is 58.8 Å². The first kappa shape index (κ1) is 16.5. The Morgan fingerprint density at radius 3 is 2.48 bits per heavy atom. The van der Waals surface area contributed by atoms with Crippen LogP contribution in [0.25, 0.3) is 0 Å². The summed E-state index contributed by atoms with van der Waals surface area (Å²) in [4.78, 5) is 14.5. The van der Waals surface area contributed by atoms with Gasteiger partial charge in [-0.3, -0.25) is 4.79 Å². The zero-order valence-corrected chi connectivity index (χ0v) is 13.8. The highest BCUT2D eigenvalue weighted by Crippen LogP contribution is 2.20. The summed E-state index contributed by atoms with van der Waals surface area (Å²) < 4.78 is 0. The number of nitrogens with zero attached hydrogens (tertiary/aromatic N) is 1. The Kier molecular flexibility index (Phi) is 6.75. The summed E-state index contributed by atoms with van der Waals surface area (Å²) >= 11 is 0. The number of hydrogen-bond donors (Lipinski definition) is 1. The molecule has 1 aliphatic heterocycles. The van der Waals surface area contributed by atoms with Gasteiger partial charge < -0.3 is 10.2 Å². The molecule has 120 valence electrons. The SMILES string of the molecule is CCC(CC)C(=O)N1CCC(NCC2CC=CCC2)CC1. The van der Waals surface area contributed by atoms with E-state index in [1.54, 1.807) is 0 Å². The van der Waals surface area contributed by atoms with Crippen LogP contribution in [0, 0.1) is 11.8 Å². The van der Waals surface area contributed by atoms with Gasteiger partial charge in [0.2, 0.25) is 5.91 Å². The van der Waals surface area contributed by atoms with Crippen molar-refractivity contribution >= 4 is 5.91 Å². The molecule has 1 N–H and O–H groups in total. The van der Waals surface area contributed by atoms with Gasteiger partial charge in [-0.15, -0.1) is 0 Å². The van der Waals surface area contributed by atoms with Crippen LogP contribution < -0.4 is 5.32 Å². The Bertz CT molecular complexity index is 341. The normalized spacial score (nSPS) is 23.8. The van der Waals surface area contributed by atoms with E-state index in [0.29, 0.717) is 11.9 Å². The van der Waals surface area contributed by atoms with Gasteiger partial charge in [0.25, 0.3) is 0 Å². The Balaban J connectivity index is 1.68. The summed E-state index contributed by atoms with van der Waals surface area (Å²) in [5, 5.41) is 3.74. The third-order valence-electron chi connectivity index (χ3n) is 5.21. The molecule has 0 spiro atoms. The van der Waals surface area contributed by atoms with Crippen LogP contribution in [-0.2, 0) is 4.79 Å². The first-order valence-corrected chi connectivity index (χ1v) is 8.91. The maximum Gasteiger partial charge on any atom is 0.225 e. The standard InChI is InChI=1S/C18H32N2O/c1-3-16(4-2)18(21)20-12-10-17(11-13-20)19-14-15-8-6-5-7-9-15/h5-6,15-17,19H,3-4,7-14H2,1-2H3. The van der Waals surface area contributed by atoms with E-state index in [2.05, 4.69) is 36.2 Å². The molecule has 0 saturated carbocycles. The molecule has 0 radical (unpaired) electrons. The number of carbonyl (C=O) groups excluding carboxylic acids is 1. The number of rotatable bonds is 6. The van der Waals surface area contributed by atoms with E-state index >= 15 is 0 Å². The number of hydrogen-bond acceptors (Lipinski definition) is 2. The lowest BCUT2D eigenvalue weighted by Gasteiger charge is -2.35. The molecule has 0 aromatic heterocycles. The quantitative estimate of drug-likeness (QED) is 0.761. The summed E-state index contributed by atoms with van der Waals surface area (Å²) in [6, 6.07) is 0.613. The van der Waals surface area contributed by atoms with Crippen LogP contribution in [0.3, 0.4) is 0 Å². The monoisotopic (exact) mass is 292 g/mol. The van der Waals surface area contributed by atoms with E-state index in [1.165, 1.54) is 19.3 Å². The van der Waals surface area contributed by atoms with Crippen molar-refractivity contribution in [1.82, 2.24) is 10.2 Å². The molecule has 1 heterocycles. The Morgan fingerprint density at radius 1 is 1.19 bits per heavy atom. The van der Waals surface area contributed by atoms with Gasteiger partial charge in [0, 0.05) is 25.0 Å². The summed E-state index contributed by atoms with van der Waals surface area (Å²) in [7, 11) is 0. The van der Waals surface area contributed by atoms with E-state index in [1.807, 2.05) is 0 Å². The minimum atomic E-state index is 0.239. The van der Waals surface area contributed by atoms with E-state index in [4.69, 9.17) is 0 Å². The van der Waals surface area contributed by atoms with Crippen molar-refractivity contribution < 1.29 is 4.79 Å². The van der Waals surface area contributed by atoms with Gasteiger partial charge in [-0.1, -0.05) is 26.0 Å². The molecule has 2 rings (SSSR count). The van der Waals surface area contributed by atoms with Crippen molar-refractivity contribution in [2.75, 3.05) is 19.6 Å². The van der Waals surface area contributed by atoms with Crippen molar-refractivity contribution in [1.29, 1.82) is 0 Å². The smallest absolute Gasteiger partial charge is 0.225 e. The van der Waals surface area contributed by atoms with Gasteiger partial charge in [0.05, 0.1) is 0 Å². The van der Waals surface area contributed by atoms with E-state index < -0.39 is 0 Å². The largest absolute Gasteiger partial charge is 0.342 e. The van der Waals surface area contributed by atoms with Crippen molar-refractivity contribution in [3.05, 3.63) is 12.2 Å². The highest BCUT2D eigenvalue weighted by molar-refractivity contribution is 5.78. The molecular weight excluding hydrogens is 260 g/mol. The molecule has 1 fully saturated rings. The van der Waals surface area contributed by atoms with Crippen molar-refractivity contribution in [3.63, 3.8) is 0 Å². The maximum atomic E-state index is 12.4. The summed E-state index contributed by atoms with van der Waals surface area (Å²) in [6.45, 7) is 7.28. The van der Waals surface area contributed by atoms with Crippen LogP contribution in [0.15, 0.2) is 12.2 Å². The van der Waals surface area contributed by atoms with Crippen LogP contribution in [0.5, 0.6) is 0 Å². The van der Waals surface area contributed by atoms with Gasteiger partial charge in [0.15, 0.2) is 0 Å². The van der Waals surface area contributed by atoms with Gasteiger partial charge in [-0.2, -0.15) is 0 Å². The molecule has 1 unspecified atom stereocenters. The molecule has 3 nitrogen and oxygen atoms in total. The molecule has 0 bridgehead atoms. The lowest BCUT2D eigenvalue weighted by Crippen LogP contribution is -2.47. The topological polar surface area (TPSA) is 32.3 Å². The third-order valence-corrected chi connectivity index (χ3v) is 5.21. The molecule has 1 saturated heterocycles. The fourth-order valence-corrected chi connectivity index (χ4v) is 3.58. The average Bonchev–Trinajstić information content (AvgIpc) is 2.55. The van der Waals surface area contributed by atoms with Gasteiger partial charge >= 0.3 is 0 Å². The van der Waals surface area contributed by atoms with Crippen LogP contribution in [0.4, 0.5) is 0 Å². The number of piperidine rings is 1.